The number of non-ortho nitro benzene ring substituents is 1. The monoisotopic (exact) mass is 356 g/mol. The van der Waals surface area contributed by atoms with Crippen molar-refractivity contribution >= 4 is 34.9 Å². The van der Waals surface area contributed by atoms with E-state index in [4.69, 9.17) is 11.6 Å². The second kappa shape index (κ2) is 7.54. The van der Waals surface area contributed by atoms with Crippen molar-refractivity contribution in [1.29, 1.82) is 0 Å². The van der Waals surface area contributed by atoms with Gasteiger partial charge in [0.05, 0.1) is 4.92 Å². The number of halogens is 1. The third-order valence-corrected chi connectivity index (χ3v) is 3.40. The van der Waals surface area contributed by atoms with Crippen LogP contribution in [0.5, 0.6) is 0 Å². The van der Waals surface area contributed by atoms with Crippen molar-refractivity contribution in [3.8, 4) is 0 Å². The van der Waals surface area contributed by atoms with Crippen molar-refractivity contribution in [2.24, 2.45) is 0 Å². The van der Waals surface area contributed by atoms with E-state index in [1.54, 1.807) is 12.1 Å². The summed E-state index contributed by atoms with van der Waals surface area (Å²) >= 11 is 5.93. The number of nitro benzene ring substituents is 1. The number of nitro groups is 1. The van der Waals surface area contributed by atoms with Crippen LogP contribution in [0.1, 0.15) is 5.56 Å². The highest BCUT2D eigenvalue weighted by atomic mass is 35.5. The van der Waals surface area contributed by atoms with Gasteiger partial charge in [-0.05, 0) is 29.3 Å². The van der Waals surface area contributed by atoms with Gasteiger partial charge in [-0.2, -0.15) is 15.0 Å². The molecule has 3 rings (SSSR count). The van der Waals surface area contributed by atoms with Crippen molar-refractivity contribution in [2.75, 3.05) is 10.6 Å². The third-order valence-electron chi connectivity index (χ3n) is 3.24. The first-order chi connectivity index (χ1) is 12.1. The Hall–Kier alpha value is -3.26. The summed E-state index contributed by atoms with van der Waals surface area (Å²) in [6.45, 7) is 0.540. The number of hydrogen-bond donors (Lipinski definition) is 2. The second-order valence-electron chi connectivity index (χ2n) is 5.02. The average molecular weight is 357 g/mol. The van der Waals surface area contributed by atoms with Crippen LogP contribution in [0.2, 0.25) is 5.28 Å². The summed E-state index contributed by atoms with van der Waals surface area (Å²) in [4.78, 5) is 22.5. The van der Waals surface area contributed by atoms with Crippen molar-refractivity contribution in [3.63, 3.8) is 0 Å². The minimum Gasteiger partial charge on any atom is -0.350 e. The summed E-state index contributed by atoms with van der Waals surface area (Å²) in [7, 11) is 0. The van der Waals surface area contributed by atoms with Crippen molar-refractivity contribution in [3.05, 3.63) is 75.6 Å². The molecule has 2 aromatic carbocycles. The van der Waals surface area contributed by atoms with Crippen LogP contribution in [0.25, 0.3) is 0 Å². The smallest absolute Gasteiger partial charge is 0.269 e. The Morgan fingerprint density at radius 2 is 1.64 bits per heavy atom. The fraction of sp³-hybridized carbons (Fsp3) is 0.0625. The van der Waals surface area contributed by atoms with E-state index in [1.165, 1.54) is 12.1 Å². The van der Waals surface area contributed by atoms with Crippen LogP contribution in [0.15, 0.2) is 54.6 Å². The molecular weight excluding hydrogens is 344 g/mol. The molecule has 1 aromatic heterocycles. The van der Waals surface area contributed by atoms with Crippen LogP contribution in [-0.4, -0.2) is 19.9 Å². The summed E-state index contributed by atoms with van der Waals surface area (Å²) in [6, 6.07) is 15.7. The Kier molecular flexibility index (Phi) is 5.00. The number of nitrogens with zero attached hydrogens (tertiary/aromatic N) is 4. The maximum absolute atomic E-state index is 10.7. The Bertz CT molecular complexity index is 874. The standard InChI is InChI=1S/C16H13ClN6O2/c17-14-20-15(18-10-11-4-2-1-3-5-11)22-16(21-14)19-12-6-8-13(9-7-12)23(24)25/h1-9H,10H2,(H2,18,19,20,21,22). The molecule has 3 aromatic rings. The van der Waals surface area contributed by atoms with E-state index in [2.05, 4.69) is 25.6 Å². The van der Waals surface area contributed by atoms with Gasteiger partial charge in [0.1, 0.15) is 0 Å². The number of nitrogens with one attached hydrogen (secondary N) is 2. The molecule has 0 atom stereocenters. The van der Waals surface area contributed by atoms with E-state index in [-0.39, 0.29) is 16.9 Å². The first-order valence-electron chi connectivity index (χ1n) is 7.31. The van der Waals surface area contributed by atoms with E-state index in [1.807, 2.05) is 30.3 Å². The van der Waals surface area contributed by atoms with Gasteiger partial charge in [0, 0.05) is 24.4 Å². The lowest BCUT2D eigenvalue weighted by molar-refractivity contribution is -0.384. The predicted molar refractivity (Wildman–Crippen MR) is 95.0 cm³/mol. The highest BCUT2D eigenvalue weighted by Crippen LogP contribution is 2.19. The SMILES string of the molecule is O=[N+]([O-])c1ccc(Nc2nc(Cl)nc(NCc3ccccc3)n2)cc1. The summed E-state index contributed by atoms with van der Waals surface area (Å²) in [6.07, 6.45) is 0. The Morgan fingerprint density at radius 1 is 0.960 bits per heavy atom. The first kappa shape index (κ1) is 16.6. The highest BCUT2D eigenvalue weighted by molar-refractivity contribution is 6.28. The Balaban J connectivity index is 1.71. The van der Waals surface area contributed by atoms with Crippen molar-refractivity contribution < 1.29 is 4.92 Å². The van der Waals surface area contributed by atoms with E-state index in [9.17, 15) is 10.1 Å². The molecule has 0 aliphatic carbocycles. The molecule has 9 heteroatoms. The van der Waals surface area contributed by atoms with Gasteiger partial charge in [0.15, 0.2) is 0 Å². The quantitative estimate of drug-likeness (QED) is 0.511. The minimum atomic E-state index is -0.463. The summed E-state index contributed by atoms with van der Waals surface area (Å²) in [5.41, 5.74) is 1.68. The number of hydrogen-bond acceptors (Lipinski definition) is 7. The first-order valence-corrected chi connectivity index (χ1v) is 7.69. The topological polar surface area (TPSA) is 106 Å². The fourth-order valence-corrected chi connectivity index (χ4v) is 2.22. The average Bonchev–Trinajstić information content (AvgIpc) is 2.61. The number of benzene rings is 2. The zero-order chi connectivity index (χ0) is 17.6. The highest BCUT2D eigenvalue weighted by Gasteiger charge is 2.08. The van der Waals surface area contributed by atoms with E-state index in [0.29, 0.717) is 18.2 Å². The molecule has 0 aliphatic rings. The summed E-state index contributed by atoms with van der Waals surface area (Å²) in [5, 5.41) is 16.7. The predicted octanol–water partition coefficient (Wildman–Crippen LogP) is 3.79. The van der Waals surface area contributed by atoms with E-state index >= 15 is 0 Å². The lowest BCUT2D eigenvalue weighted by atomic mass is 10.2. The molecule has 0 unspecified atom stereocenters. The minimum absolute atomic E-state index is 0.00412. The molecule has 1 heterocycles. The van der Waals surface area contributed by atoms with Crippen molar-refractivity contribution in [1.82, 2.24) is 15.0 Å². The third kappa shape index (κ3) is 4.61. The molecule has 25 heavy (non-hydrogen) atoms. The molecule has 0 fully saturated rings. The molecule has 126 valence electrons. The number of aromatic nitrogens is 3. The van der Waals surface area contributed by atoms with Crippen LogP contribution in [-0.2, 0) is 6.54 Å². The van der Waals surface area contributed by atoms with Gasteiger partial charge in [-0.25, -0.2) is 0 Å². The van der Waals surface area contributed by atoms with Crippen LogP contribution < -0.4 is 10.6 Å². The number of anilines is 3. The molecule has 0 saturated heterocycles. The molecule has 0 bridgehead atoms. The zero-order valence-electron chi connectivity index (χ0n) is 12.9. The Morgan fingerprint density at radius 3 is 2.32 bits per heavy atom. The molecule has 8 nitrogen and oxygen atoms in total. The molecule has 0 spiro atoms. The lowest BCUT2D eigenvalue weighted by Crippen LogP contribution is -2.07. The van der Waals surface area contributed by atoms with Crippen LogP contribution in [0.3, 0.4) is 0 Å². The van der Waals surface area contributed by atoms with Crippen LogP contribution in [0, 0.1) is 10.1 Å². The largest absolute Gasteiger partial charge is 0.350 e. The van der Waals surface area contributed by atoms with Gasteiger partial charge >= 0.3 is 0 Å². The molecular formula is C16H13ClN6O2. The van der Waals surface area contributed by atoms with Gasteiger partial charge in [0.25, 0.3) is 5.69 Å². The van der Waals surface area contributed by atoms with Gasteiger partial charge in [-0.15, -0.1) is 0 Å². The summed E-state index contributed by atoms with van der Waals surface area (Å²) < 4.78 is 0. The van der Waals surface area contributed by atoms with Crippen molar-refractivity contribution in [2.45, 2.75) is 6.54 Å². The van der Waals surface area contributed by atoms with Gasteiger partial charge in [0.2, 0.25) is 17.2 Å². The molecule has 0 aliphatic heterocycles. The van der Waals surface area contributed by atoms with Gasteiger partial charge < -0.3 is 10.6 Å². The van der Waals surface area contributed by atoms with Gasteiger partial charge in [-0.1, -0.05) is 30.3 Å². The van der Waals surface area contributed by atoms with Crippen LogP contribution >= 0.6 is 11.6 Å². The fourth-order valence-electron chi connectivity index (χ4n) is 2.06. The lowest BCUT2D eigenvalue weighted by Gasteiger charge is -2.08. The van der Waals surface area contributed by atoms with Crippen LogP contribution in [0.4, 0.5) is 23.3 Å². The second-order valence-corrected chi connectivity index (χ2v) is 5.36. The molecule has 2 N–H and O–H groups in total. The Labute approximate surface area is 148 Å². The zero-order valence-corrected chi connectivity index (χ0v) is 13.6. The molecule has 0 radical (unpaired) electrons. The van der Waals surface area contributed by atoms with E-state index in [0.717, 1.165) is 5.56 Å². The van der Waals surface area contributed by atoms with E-state index < -0.39 is 4.92 Å². The summed E-state index contributed by atoms with van der Waals surface area (Å²) in [5.74, 6) is 0.567. The van der Waals surface area contributed by atoms with Gasteiger partial charge in [-0.3, -0.25) is 10.1 Å². The maximum Gasteiger partial charge on any atom is 0.269 e. The molecule has 0 amide bonds. The normalized spacial score (nSPS) is 10.3. The maximum atomic E-state index is 10.7. The number of rotatable bonds is 6. The molecule has 0 saturated carbocycles.